The molecule has 4 rings (SSSR count). The van der Waals surface area contributed by atoms with E-state index in [-0.39, 0.29) is 17.7 Å². The monoisotopic (exact) mass is 318 g/mol. The van der Waals surface area contributed by atoms with Gasteiger partial charge in [-0.3, -0.25) is 14.4 Å². The van der Waals surface area contributed by atoms with Crippen LogP contribution in [-0.4, -0.2) is 51.0 Å². The Hall–Kier alpha value is -1.89. The molecule has 23 heavy (non-hydrogen) atoms. The summed E-state index contributed by atoms with van der Waals surface area (Å²) in [6.07, 6.45) is 8.46. The molecule has 1 saturated heterocycles. The highest BCUT2D eigenvalue weighted by molar-refractivity contribution is 5.83. The van der Waals surface area contributed by atoms with Gasteiger partial charge >= 0.3 is 0 Å². The SMILES string of the molecule is O=C(C1CCC1)N1Cc2cncn2[C@H](C(=O)N2CCCCO2)C1. The van der Waals surface area contributed by atoms with Crippen molar-refractivity contribution in [1.29, 1.82) is 0 Å². The van der Waals surface area contributed by atoms with Gasteiger partial charge in [0.25, 0.3) is 5.91 Å². The first-order chi connectivity index (χ1) is 11.2. The maximum atomic E-state index is 12.8. The number of hydrogen-bond acceptors (Lipinski definition) is 4. The summed E-state index contributed by atoms with van der Waals surface area (Å²) >= 11 is 0. The number of amides is 2. The standard InChI is InChI=1S/C16H22N4O3/c21-15(12-4-3-5-12)18-9-13-8-17-11-19(13)14(10-18)16(22)20-6-1-2-7-23-20/h8,11-12,14H,1-7,9-10H2/t14-/m0/s1. The summed E-state index contributed by atoms with van der Waals surface area (Å²) in [5, 5.41) is 1.47. The fourth-order valence-corrected chi connectivity index (χ4v) is 3.51. The number of imidazole rings is 1. The summed E-state index contributed by atoms with van der Waals surface area (Å²) in [5.74, 6) is 0.252. The van der Waals surface area contributed by atoms with E-state index in [1.165, 1.54) is 5.06 Å². The largest absolute Gasteiger partial charge is 0.334 e. The van der Waals surface area contributed by atoms with E-state index in [9.17, 15) is 9.59 Å². The predicted octanol–water partition coefficient (Wildman–Crippen LogP) is 1.12. The molecule has 1 aromatic rings. The molecular weight excluding hydrogens is 296 g/mol. The molecule has 1 atom stereocenters. The van der Waals surface area contributed by atoms with Crippen LogP contribution in [-0.2, 0) is 21.0 Å². The van der Waals surface area contributed by atoms with Gasteiger partial charge in [-0.25, -0.2) is 10.0 Å². The topological polar surface area (TPSA) is 67.7 Å². The molecule has 0 unspecified atom stereocenters. The van der Waals surface area contributed by atoms with Crippen LogP contribution < -0.4 is 0 Å². The summed E-state index contributed by atoms with van der Waals surface area (Å²) in [6, 6.07) is -0.427. The maximum absolute atomic E-state index is 12.8. The van der Waals surface area contributed by atoms with E-state index in [4.69, 9.17) is 4.84 Å². The minimum Gasteiger partial charge on any atom is -0.334 e. The van der Waals surface area contributed by atoms with Crippen LogP contribution in [0.4, 0.5) is 0 Å². The molecule has 0 spiro atoms. The Bertz CT molecular complexity index is 604. The van der Waals surface area contributed by atoms with Gasteiger partial charge in [0.2, 0.25) is 5.91 Å². The zero-order valence-corrected chi connectivity index (χ0v) is 13.2. The highest BCUT2D eigenvalue weighted by Crippen LogP contribution is 2.31. The van der Waals surface area contributed by atoms with E-state index >= 15 is 0 Å². The van der Waals surface area contributed by atoms with Crippen LogP contribution in [0.15, 0.2) is 12.5 Å². The second-order valence-electron chi connectivity index (χ2n) is 6.64. The highest BCUT2D eigenvalue weighted by atomic mass is 16.7. The molecule has 0 N–H and O–H groups in total. The minimum absolute atomic E-state index is 0.0740. The number of rotatable bonds is 2. The van der Waals surface area contributed by atoms with Gasteiger partial charge in [0.05, 0.1) is 31.7 Å². The molecule has 0 aromatic carbocycles. The van der Waals surface area contributed by atoms with Crippen molar-refractivity contribution in [2.24, 2.45) is 5.92 Å². The predicted molar refractivity (Wildman–Crippen MR) is 80.9 cm³/mol. The quantitative estimate of drug-likeness (QED) is 0.819. The molecule has 2 amide bonds. The van der Waals surface area contributed by atoms with Crippen LogP contribution in [0, 0.1) is 5.92 Å². The van der Waals surface area contributed by atoms with Crippen molar-refractivity contribution in [3.63, 3.8) is 0 Å². The number of carbonyl (C=O) groups excluding carboxylic acids is 2. The molecule has 7 nitrogen and oxygen atoms in total. The molecule has 124 valence electrons. The van der Waals surface area contributed by atoms with E-state index < -0.39 is 6.04 Å². The molecule has 1 aromatic heterocycles. The average molecular weight is 318 g/mol. The fraction of sp³-hybridized carbons (Fsp3) is 0.688. The van der Waals surface area contributed by atoms with Crippen LogP contribution in [0.25, 0.3) is 0 Å². The number of carbonyl (C=O) groups is 2. The molecule has 1 aliphatic carbocycles. The first-order valence-corrected chi connectivity index (χ1v) is 8.48. The third-order valence-corrected chi connectivity index (χ3v) is 5.13. The van der Waals surface area contributed by atoms with Crippen molar-refractivity contribution in [2.75, 3.05) is 19.7 Å². The zero-order valence-electron chi connectivity index (χ0n) is 13.2. The van der Waals surface area contributed by atoms with Crippen LogP contribution in [0.2, 0.25) is 0 Å². The summed E-state index contributed by atoms with van der Waals surface area (Å²) in [4.78, 5) is 36.9. The number of fused-ring (bicyclic) bond motifs is 1. The van der Waals surface area contributed by atoms with Gasteiger partial charge < -0.3 is 9.47 Å². The van der Waals surface area contributed by atoms with E-state index in [0.717, 1.165) is 37.8 Å². The lowest BCUT2D eigenvalue weighted by molar-refractivity contribution is -0.201. The lowest BCUT2D eigenvalue weighted by Gasteiger charge is -2.39. The van der Waals surface area contributed by atoms with Gasteiger partial charge in [0.1, 0.15) is 6.04 Å². The first-order valence-electron chi connectivity index (χ1n) is 8.48. The smallest absolute Gasteiger partial charge is 0.271 e. The molecule has 3 aliphatic rings. The van der Waals surface area contributed by atoms with Gasteiger partial charge in [0, 0.05) is 18.7 Å². The second kappa shape index (κ2) is 5.96. The molecule has 7 heteroatoms. The van der Waals surface area contributed by atoms with Crippen LogP contribution in [0.3, 0.4) is 0 Å². The van der Waals surface area contributed by atoms with Gasteiger partial charge in [-0.1, -0.05) is 6.42 Å². The Morgan fingerprint density at radius 3 is 2.74 bits per heavy atom. The average Bonchev–Trinajstić information content (AvgIpc) is 3.01. The normalized spacial score (nSPS) is 25.0. The van der Waals surface area contributed by atoms with Crippen molar-refractivity contribution in [2.45, 2.75) is 44.7 Å². The van der Waals surface area contributed by atoms with E-state index in [0.29, 0.717) is 26.2 Å². The summed E-state index contributed by atoms with van der Waals surface area (Å²) < 4.78 is 1.89. The number of nitrogens with zero attached hydrogens (tertiary/aromatic N) is 4. The minimum atomic E-state index is -0.427. The number of hydrogen-bond donors (Lipinski definition) is 0. The number of hydroxylamine groups is 2. The first kappa shape index (κ1) is 14.7. The van der Waals surface area contributed by atoms with Crippen molar-refractivity contribution in [3.8, 4) is 0 Å². The van der Waals surface area contributed by atoms with Gasteiger partial charge in [-0.15, -0.1) is 0 Å². The van der Waals surface area contributed by atoms with Crippen molar-refractivity contribution >= 4 is 11.8 Å². The van der Waals surface area contributed by atoms with Crippen molar-refractivity contribution < 1.29 is 14.4 Å². The maximum Gasteiger partial charge on any atom is 0.271 e. The highest BCUT2D eigenvalue weighted by Gasteiger charge is 2.38. The molecule has 2 aliphatic heterocycles. The molecule has 0 bridgehead atoms. The third kappa shape index (κ3) is 2.63. The lowest BCUT2D eigenvalue weighted by Crippen LogP contribution is -2.50. The van der Waals surface area contributed by atoms with Crippen molar-refractivity contribution in [1.82, 2.24) is 19.5 Å². The van der Waals surface area contributed by atoms with Crippen LogP contribution >= 0.6 is 0 Å². The summed E-state index contributed by atoms with van der Waals surface area (Å²) in [5.41, 5.74) is 0.916. The Labute approximate surface area is 135 Å². The van der Waals surface area contributed by atoms with Crippen LogP contribution in [0.5, 0.6) is 0 Å². The van der Waals surface area contributed by atoms with E-state index in [1.807, 2.05) is 9.47 Å². The molecule has 1 saturated carbocycles. The Morgan fingerprint density at radius 1 is 1.17 bits per heavy atom. The molecule has 0 radical (unpaired) electrons. The van der Waals surface area contributed by atoms with E-state index in [1.54, 1.807) is 12.5 Å². The third-order valence-electron chi connectivity index (χ3n) is 5.13. The zero-order chi connectivity index (χ0) is 15.8. The summed E-state index contributed by atoms with van der Waals surface area (Å²) in [6.45, 7) is 2.16. The van der Waals surface area contributed by atoms with Gasteiger partial charge in [0.15, 0.2) is 0 Å². The summed E-state index contributed by atoms with van der Waals surface area (Å²) in [7, 11) is 0. The Kier molecular flexibility index (Phi) is 3.80. The lowest BCUT2D eigenvalue weighted by atomic mass is 9.84. The van der Waals surface area contributed by atoms with Crippen LogP contribution in [0.1, 0.15) is 43.8 Å². The van der Waals surface area contributed by atoms with E-state index in [2.05, 4.69) is 4.98 Å². The second-order valence-corrected chi connectivity index (χ2v) is 6.64. The molecular formula is C16H22N4O3. The van der Waals surface area contributed by atoms with Crippen molar-refractivity contribution in [3.05, 3.63) is 18.2 Å². The fourth-order valence-electron chi connectivity index (χ4n) is 3.51. The molecule has 3 heterocycles. The Balaban J connectivity index is 1.55. The molecule has 2 fully saturated rings. The Morgan fingerprint density at radius 2 is 2.04 bits per heavy atom. The van der Waals surface area contributed by atoms with Gasteiger partial charge in [-0.2, -0.15) is 0 Å². The van der Waals surface area contributed by atoms with Gasteiger partial charge in [-0.05, 0) is 25.7 Å². The number of aromatic nitrogens is 2.